The minimum Gasteiger partial charge on any atom is -0.351 e. The molecule has 0 amide bonds. The van der Waals surface area contributed by atoms with Gasteiger partial charge in [-0.3, -0.25) is 5.10 Å². The molecule has 0 radical (unpaired) electrons. The van der Waals surface area contributed by atoms with E-state index in [4.69, 9.17) is 0 Å². The first kappa shape index (κ1) is 9.98. The van der Waals surface area contributed by atoms with Crippen molar-refractivity contribution in [2.24, 2.45) is 0 Å². The Kier molecular flexibility index (Phi) is 3.19. The summed E-state index contributed by atoms with van der Waals surface area (Å²) in [4.78, 5) is 0. The summed E-state index contributed by atoms with van der Waals surface area (Å²) in [7, 11) is 0. The minimum absolute atomic E-state index is 0.828. The van der Waals surface area contributed by atoms with Crippen LogP contribution in [0.5, 0.6) is 0 Å². The molecule has 2 heterocycles. The third-order valence-electron chi connectivity index (χ3n) is 2.44. The number of aromatic nitrogens is 3. The molecule has 0 saturated heterocycles. The van der Waals surface area contributed by atoms with Crippen LogP contribution in [0, 0.1) is 0 Å². The SMILES string of the molecule is CCn1cccc1CNCc1ccn[nH]1. The molecule has 0 aliphatic carbocycles. The maximum Gasteiger partial charge on any atom is 0.0490 e. The van der Waals surface area contributed by atoms with Gasteiger partial charge in [0.1, 0.15) is 0 Å². The molecule has 0 saturated carbocycles. The highest BCUT2D eigenvalue weighted by Gasteiger charge is 1.98. The van der Waals surface area contributed by atoms with E-state index in [0.717, 1.165) is 25.3 Å². The first-order chi connectivity index (χ1) is 7.40. The molecule has 2 rings (SSSR count). The van der Waals surface area contributed by atoms with Gasteiger partial charge in [-0.25, -0.2) is 0 Å². The van der Waals surface area contributed by atoms with Crippen LogP contribution >= 0.6 is 0 Å². The smallest absolute Gasteiger partial charge is 0.0490 e. The molecule has 15 heavy (non-hydrogen) atoms. The van der Waals surface area contributed by atoms with E-state index in [0.29, 0.717) is 0 Å². The van der Waals surface area contributed by atoms with Gasteiger partial charge in [-0.2, -0.15) is 5.10 Å². The number of aryl methyl sites for hydroxylation is 1. The molecule has 0 aliphatic heterocycles. The zero-order valence-corrected chi connectivity index (χ0v) is 8.90. The topological polar surface area (TPSA) is 45.6 Å². The molecule has 0 spiro atoms. The van der Waals surface area contributed by atoms with Crippen molar-refractivity contribution in [3.63, 3.8) is 0 Å². The Morgan fingerprint density at radius 1 is 1.40 bits per heavy atom. The van der Waals surface area contributed by atoms with Gasteiger partial charge in [0.05, 0.1) is 0 Å². The highest BCUT2D eigenvalue weighted by Crippen LogP contribution is 2.02. The van der Waals surface area contributed by atoms with Gasteiger partial charge in [-0.15, -0.1) is 0 Å². The van der Waals surface area contributed by atoms with Crippen LogP contribution in [0.3, 0.4) is 0 Å². The summed E-state index contributed by atoms with van der Waals surface area (Å²) >= 11 is 0. The fourth-order valence-electron chi connectivity index (χ4n) is 1.63. The second-order valence-electron chi connectivity index (χ2n) is 3.47. The van der Waals surface area contributed by atoms with Gasteiger partial charge < -0.3 is 9.88 Å². The van der Waals surface area contributed by atoms with Gasteiger partial charge >= 0.3 is 0 Å². The number of hydrogen-bond donors (Lipinski definition) is 2. The van der Waals surface area contributed by atoms with E-state index in [2.05, 4.69) is 45.3 Å². The Labute approximate surface area is 89.3 Å². The molecule has 4 nitrogen and oxygen atoms in total. The van der Waals surface area contributed by atoms with Gasteiger partial charge in [0.25, 0.3) is 0 Å². The average Bonchev–Trinajstić information content (AvgIpc) is 2.88. The summed E-state index contributed by atoms with van der Waals surface area (Å²) in [6.45, 7) is 4.89. The van der Waals surface area contributed by atoms with Crippen LogP contribution in [0.2, 0.25) is 0 Å². The van der Waals surface area contributed by atoms with Gasteiger partial charge in [-0.05, 0) is 25.1 Å². The van der Waals surface area contributed by atoms with Crippen molar-refractivity contribution in [2.45, 2.75) is 26.6 Å². The monoisotopic (exact) mass is 204 g/mol. The molecule has 0 unspecified atom stereocenters. The number of H-pyrrole nitrogens is 1. The maximum atomic E-state index is 3.90. The zero-order valence-electron chi connectivity index (χ0n) is 8.90. The number of aromatic amines is 1. The molecule has 0 aromatic carbocycles. The fourth-order valence-corrected chi connectivity index (χ4v) is 1.63. The number of nitrogens with zero attached hydrogens (tertiary/aromatic N) is 2. The lowest BCUT2D eigenvalue weighted by Gasteiger charge is -2.06. The lowest BCUT2D eigenvalue weighted by molar-refractivity contribution is 0.621. The van der Waals surface area contributed by atoms with Crippen LogP contribution < -0.4 is 5.32 Å². The van der Waals surface area contributed by atoms with Crippen molar-refractivity contribution >= 4 is 0 Å². The van der Waals surface area contributed by atoms with Crippen LogP contribution in [-0.2, 0) is 19.6 Å². The van der Waals surface area contributed by atoms with Crippen LogP contribution in [0.4, 0.5) is 0 Å². The first-order valence-electron chi connectivity index (χ1n) is 5.23. The quantitative estimate of drug-likeness (QED) is 0.775. The Hall–Kier alpha value is -1.55. The van der Waals surface area contributed by atoms with Crippen molar-refractivity contribution < 1.29 is 0 Å². The second kappa shape index (κ2) is 4.79. The van der Waals surface area contributed by atoms with Crippen LogP contribution in [0.1, 0.15) is 18.3 Å². The van der Waals surface area contributed by atoms with Crippen molar-refractivity contribution in [3.05, 3.63) is 42.0 Å². The van der Waals surface area contributed by atoms with Gasteiger partial charge in [0, 0.05) is 43.4 Å². The van der Waals surface area contributed by atoms with Crippen LogP contribution in [0.15, 0.2) is 30.6 Å². The average molecular weight is 204 g/mol. The Bertz CT molecular complexity index is 388. The molecule has 2 N–H and O–H groups in total. The second-order valence-corrected chi connectivity index (χ2v) is 3.47. The third kappa shape index (κ3) is 2.47. The lowest BCUT2D eigenvalue weighted by Crippen LogP contribution is -2.15. The minimum atomic E-state index is 0.828. The summed E-state index contributed by atoms with van der Waals surface area (Å²) < 4.78 is 2.24. The van der Waals surface area contributed by atoms with Crippen molar-refractivity contribution in [1.29, 1.82) is 0 Å². The lowest BCUT2D eigenvalue weighted by atomic mass is 10.4. The Morgan fingerprint density at radius 2 is 2.33 bits per heavy atom. The van der Waals surface area contributed by atoms with Crippen molar-refractivity contribution in [3.8, 4) is 0 Å². The molecule has 2 aromatic heterocycles. The normalized spacial score (nSPS) is 10.7. The van der Waals surface area contributed by atoms with E-state index in [1.165, 1.54) is 5.69 Å². The van der Waals surface area contributed by atoms with Crippen molar-refractivity contribution in [2.75, 3.05) is 0 Å². The Morgan fingerprint density at radius 3 is 3.07 bits per heavy atom. The number of hydrogen-bond acceptors (Lipinski definition) is 2. The summed E-state index contributed by atoms with van der Waals surface area (Å²) in [6.07, 6.45) is 3.87. The highest BCUT2D eigenvalue weighted by atomic mass is 15.1. The first-order valence-corrected chi connectivity index (χ1v) is 5.23. The molecule has 0 atom stereocenters. The fraction of sp³-hybridized carbons (Fsp3) is 0.364. The number of nitrogens with one attached hydrogen (secondary N) is 2. The molecule has 0 fully saturated rings. The van der Waals surface area contributed by atoms with E-state index in [1.54, 1.807) is 6.20 Å². The third-order valence-corrected chi connectivity index (χ3v) is 2.44. The van der Waals surface area contributed by atoms with Gasteiger partial charge in [0.2, 0.25) is 0 Å². The summed E-state index contributed by atoms with van der Waals surface area (Å²) in [6, 6.07) is 6.20. The zero-order chi connectivity index (χ0) is 10.5. The molecule has 80 valence electrons. The molecular weight excluding hydrogens is 188 g/mol. The van der Waals surface area contributed by atoms with E-state index in [9.17, 15) is 0 Å². The van der Waals surface area contributed by atoms with Gasteiger partial charge in [0.15, 0.2) is 0 Å². The summed E-state index contributed by atoms with van der Waals surface area (Å²) in [5.41, 5.74) is 2.43. The van der Waals surface area contributed by atoms with Crippen LogP contribution in [0.25, 0.3) is 0 Å². The molecule has 2 aromatic rings. The highest BCUT2D eigenvalue weighted by molar-refractivity contribution is 5.07. The molecule has 0 aliphatic rings. The Balaban J connectivity index is 1.83. The van der Waals surface area contributed by atoms with Gasteiger partial charge in [-0.1, -0.05) is 0 Å². The summed E-state index contributed by atoms with van der Waals surface area (Å²) in [5.74, 6) is 0. The maximum absolute atomic E-state index is 3.90. The molecule has 0 bridgehead atoms. The van der Waals surface area contributed by atoms with Crippen LogP contribution in [-0.4, -0.2) is 14.8 Å². The standard InChI is InChI=1S/C11H16N4/c1-2-15-7-3-4-11(15)9-12-8-10-5-6-13-14-10/h3-7,12H,2,8-9H2,1H3,(H,13,14). The van der Waals surface area contributed by atoms with E-state index in [1.807, 2.05) is 6.07 Å². The molecular formula is C11H16N4. The number of rotatable bonds is 5. The predicted molar refractivity (Wildman–Crippen MR) is 59.2 cm³/mol. The largest absolute Gasteiger partial charge is 0.351 e. The van der Waals surface area contributed by atoms with E-state index < -0.39 is 0 Å². The van der Waals surface area contributed by atoms with E-state index in [-0.39, 0.29) is 0 Å². The van der Waals surface area contributed by atoms with E-state index >= 15 is 0 Å². The predicted octanol–water partition coefficient (Wildman–Crippen LogP) is 1.52. The summed E-state index contributed by atoms with van der Waals surface area (Å²) in [5, 5.41) is 10.2. The van der Waals surface area contributed by atoms with Crippen molar-refractivity contribution in [1.82, 2.24) is 20.1 Å². The molecule has 4 heteroatoms.